The first-order valence-electron chi connectivity index (χ1n) is 3.97. The zero-order valence-electron chi connectivity index (χ0n) is 7.40. The van der Waals surface area contributed by atoms with Crippen LogP contribution in [0, 0.1) is 3.57 Å². The molecule has 0 aliphatic carbocycles. The molecule has 0 atom stereocenters. The predicted octanol–water partition coefficient (Wildman–Crippen LogP) is 1.64. The molecular weight excluding hydrogens is 295 g/mol. The highest BCUT2D eigenvalue weighted by molar-refractivity contribution is 14.1. The smallest absolute Gasteiger partial charge is 0.388 e. The van der Waals surface area contributed by atoms with E-state index in [4.69, 9.17) is 4.42 Å². The lowest BCUT2D eigenvalue weighted by Crippen LogP contribution is -2.09. The van der Waals surface area contributed by atoms with E-state index in [1.165, 1.54) is 4.68 Å². The zero-order chi connectivity index (χ0) is 10.1. The maximum atomic E-state index is 11.0. The summed E-state index contributed by atoms with van der Waals surface area (Å²) in [5.74, 6) is -0.0903. The largest absolute Gasteiger partial charge is 0.437 e. The first-order valence-corrected chi connectivity index (χ1v) is 5.05. The molecule has 2 rings (SSSR count). The summed E-state index contributed by atoms with van der Waals surface area (Å²) in [6.07, 6.45) is 0. The third-order valence-electron chi connectivity index (χ3n) is 1.78. The van der Waals surface area contributed by atoms with Crippen molar-refractivity contribution in [3.05, 3.63) is 38.4 Å². The van der Waals surface area contributed by atoms with E-state index in [9.17, 15) is 4.79 Å². The summed E-state index contributed by atoms with van der Waals surface area (Å²) in [5.41, 5.74) is 0.808. The third kappa shape index (κ3) is 1.72. The van der Waals surface area contributed by atoms with Crippen LogP contribution in [0.2, 0.25) is 0 Å². The molecule has 0 radical (unpaired) electrons. The summed E-state index contributed by atoms with van der Waals surface area (Å²) < 4.78 is 7.24. The van der Waals surface area contributed by atoms with Crippen molar-refractivity contribution in [2.75, 3.05) is 0 Å². The SMILES string of the molecule is Cn1nc(-c2ccc(I)cc2)oc1=O. The van der Waals surface area contributed by atoms with E-state index in [0.29, 0.717) is 5.89 Å². The summed E-state index contributed by atoms with van der Waals surface area (Å²) in [5, 5.41) is 3.95. The minimum atomic E-state index is -0.446. The van der Waals surface area contributed by atoms with Gasteiger partial charge in [-0.2, -0.15) is 4.68 Å². The van der Waals surface area contributed by atoms with Crippen molar-refractivity contribution in [1.82, 2.24) is 9.78 Å². The Bertz CT molecular complexity index is 498. The highest BCUT2D eigenvalue weighted by Crippen LogP contribution is 2.16. The average Bonchev–Trinajstić information content (AvgIpc) is 2.48. The minimum Gasteiger partial charge on any atom is -0.388 e. The molecular formula is C9H7IN2O2. The number of nitrogens with zero attached hydrogens (tertiary/aromatic N) is 2. The van der Waals surface area contributed by atoms with E-state index in [1.807, 2.05) is 24.3 Å². The number of halogens is 1. The van der Waals surface area contributed by atoms with Crippen molar-refractivity contribution < 1.29 is 4.42 Å². The van der Waals surface area contributed by atoms with Crippen molar-refractivity contribution >= 4 is 22.6 Å². The molecule has 14 heavy (non-hydrogen) atoms. The fourth-order valence-corrected chi connectivity index (χ4v) is 1.41. The maximum Gasteiger partial charge on any atom is 0.437 e. The Balaban J connectivity index is 2.49. The van der Waals surface area contributed by atoms with Crippen molar-refractivity contribution in [2.45, 2.75) is 0 Å². The van der Waals surface area contributed by atoms with E-state index in [0.717, 1.165) is 9.13 Å². The van der Waals surface area contributed by atoms with E-state index in [-0.39, 0.29) is 0 Å². The molecule has 1 aromatic carbocycles. The Morgan fingerprint density at radius 2 is 2.00 bits per heavy atom. The molecule has 0 bridgehead atoms. The standard InChI is InChI=1S/C9H7IN2O2/c1-12-9(13)14-8(11-12)6-2-4-7(10)5-3-6/h2-5H,1H3. The Hall–Kier alpha value is -1.11. The van der Waals surface area contributed by atoms with Gasteiger partial charge in [-0.25, -0.2) is 4.79 Å². The summed E-state index contributed by atoms with van der Waals surface area (Å²) in [6, 6.07) is 7.61. The van der Waals surface area contributed by atoms with E-state index in [1.54, 1.807) is 7.05 Å². The van der Waals surface area contributed by atoms with Crippen molar-refractivity contribution in [3.63, 3.8) is 0 Å². The molecule has 0 N–H and O–H groups in total. The van der Waals surface area contributed by atoms with E-state index in [2.05, 4.69) is 27.7 Å². The van der Waals surface area contributed by atoms with Crippen LogP contribution in [0.3, 0.4) is 0 Å². The summed E-state index contributed by atoms with van der Waals surface area (Å²) >= 11 is 2.21. The number of rotatable bonds is 1. The van der Waals surface area contributed by atoms with Gasteiger partial charge in [0.05, 0.1) is 0 Å². The van der Waals surface area contributed by atoms with Crippen molar-refractivity contribution in [3.8, 4) is 11.5 Å². The number of hydrogen-bond acceptors (Lipinski definition) is 3. The first-order chi connectivity index (χ1) is 6.66. The van der Waals surface area contributed by atoms with Crippen LogP contribution >= 0.6 is 22.6 Å². The minimum absolute atomic E-state index is 0.355. The molecule has 4 nitrogen and oxygen atoms in total. The lowest BCUT2D eigenvalue weighted by molar-refractivity contribution is 0.505. The Morgan fingerprint density at radius 1 is 1.36 bits per heavy atom. The molecule has 0 aliphatic rings. The monoisotopic (exact) mass is 302 g/mol. The van der Waals surface area contributed by atoms with Gasteiger partial charge in [-0.05, 0) is 46.9 Å². The van der Waals surface area contributed by atoms with Gasteiger partial charge in [0.25, 0.3) is 0 Å². The fourth-order valence-electron chi connectivity index (χ4n) is 1.06. The van der Waals surface area contributed by atoms with Gasteiger partial charge in [-0.3, -0.25) is 0 Å². The molecule has 5 heteroatoms. The Kier molecular flexibility index (Phi) is 2.40. The molecule has 0 aliphatic heterocycles. The second-order valence-corrected chi connectivity index (χ2v) is 4.05. The highest BCUT2D eigenvalue weighted by Gasteiger charge is 2.06. The lowest BCUT2D eigenvalue weighted by atomic mass is 10.2. The molecule has 0 spiro atoms. The molecule has 0 fully saturated rings. The Morgan fingerprint density at radius 3 is 2.50 bits per heavy atom. The molecule has 1 heterocycles. The van der Waals surface area contributed by atoms with Crippen LogP contribution in [0.25, 0.3) is 11.5 Å². The topological polar surface area (TPSA) is 48.0 Å². The highest BCUT2D eigenvalue weighted by atomic mass is 127. The molecule has 0 unspecified atom stereocenters. The van der Waals surface area contributed by atoms with E-state index < -0.39 is 5.76 Å². The van der Waals surface area contributed by atoms with Crippen LogP contribution in [-0.4, -0.2) is 9.78 Å². The number of hydrogen-bond donors (Lipinski definition) is 0. The first kappa shape index (κ1) is 9.45. The van der Waals surface area contributed by atoms with Crippen LogP contribution in [0.4, 0.5) is 0 Å². The summed E-state index contributed by atoms with van der Waals surface area (Å²) in [7, 11) is 1.56. The van der Waals surface area contributed by atoms with Gasteiger partial charge >= 0.3 is 5.76 Å². The van der Waals surface area contributed by atoms with Crippen LogP contribution in [0.1, 0.15) is 0 Å². The van der Waals surface area contributed by atoms with Gasteiger partial charge in [0.1, 0.15) is 0 Å². The Labute approximate surface area is 93.7 Å². The predicted molar refractivity (Wildman–Crippen MR) is 59.9 cm³/mol. The second kappa shape index (κ2) is 3.56. The van der Waals surface area contributed by atoms with Crippen molar-refractivity contribution in [1.29, 1.82) is 0 Å². The lowest BCUT2D eigenvalue weighted by Gasteiger charge is -1.93. The van der Waals surface area contributed by atoms with Crippen LogP contribution in [0.15, 0.2) is 33.5 Å². The van der Waals surface area contributed by atoms with Gasteiger partial charge < -0.3 is 4.42 Å². The molecule has 0 saturated heterocycles. The number of aryl methyl sites for hydroxylation is 1. The van der Waals surface area contributed by atoms with Crippen molar-refractivity contribution in [2.24, 2.45) is 7.05 Å². The van der Waals surface area contributed by atoms with Gasteiger partial charge in [-0.15, -0.1) is 5.10 Å². The summed E-state index contributed by atoms with van der Waals surface area (Å²) in [6.45, 7) is 0. The van der Waals surface area contributed by atoms with Crippen LogP contribution in [-0.2, 0) is 7.05 Å². The number of benzene rings is 1. The molecule has 72 valence electrons. The van der Waals surface area contributed by atoms with Gasteiger partial charge in [0.2, 0.25) is 5.89 Å². The quantitative estimate of drug-likeness (QED) is 0.753. The van der Waals surface area contributed by atoms with Crippen LogP contribution in [0.5, 0.6) is 0 Å². The second-order valence-electron chi connectivity index (χ2n) is 2.80. The number of aromatic nitrogens is 2. The normalized spacial score (nSPS) is 10.4. The van der Waals surface area contributed by atoms with Gasteiger partial charge in [-0.1, -0.05) is 0 Å². The van der Waals surface area contributed by atoms with Gasteiger partial charge in [0.15, 0.2) is 0 Å². The fraction of sp³-hybridized carbons (Fsp3) is 0.111. The van der Waals surface area contributed by atoms with E-state index >= 15 is 0 Å². The van der Waals surface area contributed by atoms with Crippen LogP contribution < -0.4 is 5.76 Å². The zero-order valence-corrected chi connectivity index (χ0v) is 9.56. The van der Waals surface area contributed by atoms with Gasteiger partial charge in [0, 0.05) is 16.2 Å². The average molecular weight is 302 g/mol. The third-order valence-corrected chi connectivity index (χ3v) is 2.50. The molecule has 2 aromatic rings. The summed E-state index contributed by atoms with van der Waals surface area (Å²) in [4.78, 5) is 11.0. The molecule has 1 aromatic heterocycles. The molecule has 0 saturated carbocycles. The molecule has 0 amide bonds. The maximum absolute atomic E-state index is 11.0.